The van der Waals surface area contributed by atoms with Crippen LogP contribution in [0.1, 0.15) is 26.2 Å². The van der Waals surface area contributed by atoms with Crippen molar-refractivity contribution in [3.05, 3.63) is 0 Å². The number of nitrogens with zero attached hydrogens (tertiary/aromatic N) is 1. The SMILES string of the molecule is CCN1CCC(CNC(=O)C2CCNC2)CC1. The molecule has 1 unspecified atom stereocenters. The van der Waals surface area contributed by atoms with Crippen LogP contribution >= 0.6 is 0 Å². The fourth-order valence-electron chi connectivity index (χ4n) is 2.77. The molecular formula is C13H25N3O. The molecular weight excluding hydrogens is 214 g/mol. The van der Waals surface area contributed by atoms with Crippen LogP contribution in [0.25, 0.3) is 0 Å². The van der Waals surface area contributed by atoms with Crippen molar-refractivity contribution in [1.29, 1.82) is 0 Å². The van der Waals surface area contributed by atoms with Crippen molar-refractivity contribution in [2.45, 2.75) is 26.2 Å². The molecule has 2 N–H and O–H groups in total. The number of rotatable bonds is 4. The summed E-state index contributed by atoms with van der Waals surface area (Å²) >= 11 is 0. The Morgan fingerprint density at radius 1 is 1.35 bits per heavy atom. The van der Waals surface area contributed by atoms with E-state index in [1.54, 1.807) is 0 Å². The lowest BCUT2D eigenvalue weighted by atomic mass is 9.96. The highest BCUT2D eigenvalue weighted by Gasteiger charge is 2.24. The topological polar surface area (TPSA) is 44.4 Å². The van der Waals surface area contributed by atoms with Gasteiger partial charge in [0.15, 0.2) is 0 Å². The van der Waals surface area contributed by atoms with Crippen molar-refractivity contribution in [2.24, 2.45) is 11.8 Å². The highest BCUT2D eigenvalue weighted by Crippen LogP contribution is 2.16. The molecule has 0 aliphatic carbocycles. The number of carbonyl (C=O) groups excluding carboxylic acids is 1. The average molecular weight is 239 g/mol. The predicted octanol–water partition coefficient (Wildman–Crippen LogP) is 0.444. The van der Waals surface area contributed by atoms with Gasteiger partial charge in [-0.3, -0.25) is 4.79 Å². The smallest absolute Gasteiger partial charge is 0.224 e. The minimum absolute atomic E-state index is 0.214. The van der Waals surface area contributed by atoms with E-state index >= 15 is 0 Å². The van der Waals surface area contributed by atoms with Gasteiger partial charge in [-0.2, -0.15) is 0 Å². The fourth-order valence-corrected chi connectivity index (χ4v) is 2.77. The molecule has 0 aromatic carbocycles. The van der Waals surface area contributed by atoms with Gasteiger partial charge >= 0.3 is 0 Å². The maximum atomic E-state index is 11.8. The molecule has 1 amide bonds. The average Bonchev–Trinajstić information content (AvgIpc) is 2.90. The molecule has 1 atom stereocenters. The molecule has 2 aliphatic rings. The first-order valence-corrected chi connectivity index (χ1v) is 7.00. The van der Waals surface area contributed by atoms with Gasteiger partial charge in [-0.05, 0) is 51.4 Å². The Morgan fingerprint density at radius 3 is 2.71 bits per heavy atom. The lowest BCUT2D eigenvalue weighted by Gasteiger charge is -2.31. The Kier molecular flexibility index (Phi) is 4.80. The van der Waals surface area contributed by atoms with E-state index in [0.717, 1.165) is 32.6 Å². The summed E-state index contributed by atoms with van der Waals surface area (Å²) in [6.45, 7) is 8.51. The lowest BCUT2D eigenvalue weighted by Crippen LogP contribution is -2.40. The summed E-state index contributed by atoms with van der Waals surface area (Å²) in [6.07, 6.45) is 3.47. The summed E-state index contributed by atoms with van der Waals surface area (Å²) in [6, 6.07) is 0. The molecule has 0 radical (unpaired) electrons. The van der Waals surface area contributed by atoms with Gasteiger partial charge in [-0.25, -0.2) is 0 Å². The van der Waals surface area contributed by atoms with E-state index in [4.69, 9.17) is 0 Å². The minimum Gasteiger partial charge on any atom is -0.356 e. The lowest BCUT2D eigenvalue weighted by molar-refractivity contribution is -0.124. The summed E-state index contributed by atoms with van der Waals surface area (Å²) in [5, 5.41) is 6.37. The first-order chi connectivity index (χ1) is 8.29. The van der Waals surface area contributed by atoms with Crippen LogP contribution in [0, 0.1) is 11.8 Å². The Hall–Kier alpha value is -0.610. The molecule has 4 heteroatoms. The quantitative estimate of drug-likeness (QED) is 0.748. The monoisotopic (exact) mass is 239 g/mol. The second kappa shape index (κ2) is 6.36. The third-order valence-electron chi connectivity index (χ3n) is 4.15. The van der Waals surface area contributed by atoms with Gasteiger partial charge in [-0.15, -0.1) is 0 Å². The van der Waals surface area contributed by atoms with Crippen LogP contribution in [0.2, 0.25) is 0 Å². The van der Waals surface area contributed by atoms with Crippen LogP contribution in [0.3, 0.4) is 0 Å². The van der Waals surface area contributed by atoms with Gasteiger partial charge in [0.2, 0.25) is 5.91 Å². The molecule has 2 heterocycles. The largest absolute Gasteiger partial charge is 0.356 e. The first kappa shape index (κ1) is 12.8. The number of hydrogen-bond acceptors (Lipinski definition) is 3. The van der Waals surface area contributed by atoms with E-state index < -0.39 is 0 Å². The minimum atomic E-state index is 0.214. The summed E-state index contributed by atoms with van der Waals surface area (Å²) < 4.78 is 0. The number of carbonyl (C=O) groups is 1. The molecule has 0 aromatic rings. The summed E-state index contributed by atoms with van der Waals surface area (Å²) in [5.74, 6) is 1.16. The van der Waals surface area contributed by atoms with E-state index in [1.807, 2.05) is 0 Å². The fraction of sp³-hybridized carbons (Fsp3) is 0.923. The first-order valence-electron chi connectivity index (χ1n) is 7.00. The third kappa shape index (κ3) is 3.68. The van der Waals surface area contributed by atoms with Crippen LogP contribution in [-0.2, 0) is 4.79 Å². The molecule has 2 saturated heterocycles. The molecule has 2 rings (SSSR count). The molecule has 0 aromatic heterocycles. The van der Waals surface area contributed by atoms with Crippen LogP contribution in [0.5, 0.6) is 0 Å². The van der Waals surface area contributed by atoms with E-state index in [1.165, 1.54) is 25.9 Å². The third-order valence-corrected chi connectivity index (χ3v) is 4.15. The van der Waals surface area contributed by atoms with Crippen molar-refractivity contribution in [3.8, 4) is 0 Å². The Bertz CT molecular complexity index is 243. The molecule has 2 fully saturated rings. The van der Waals surface area contributed by atoms with Crippen molar-refractivity contribution in [3.63, 3.8) is 0 Å². The van der Waals surface area contributed by atoms with E-state index in [0.29, 0.717) is 5.92 Å². The zero-order chi connectivity index (χ0) is 12.1. The molecule has 98 valence electrons. The molecule has 0 bridgehead atoms. The predicted molar refractivity (Wildman–Crippen MR) is 68.8 cm³/mol. The second-order valence-corrected chi connectivity index (χ2v) is 5.31. The number of amides is 1. The molecule has 0 spiro atoms. The van der Waals surface area contributed by atoms with Gasteiger partial charge in [0.1, 0.15) is 0 Å². The number of piperidine rings is 1. The van der Waals surface area contributed by atoms with Gasteiger partial charge in [-0.1, -0.05) is 6.92 Å². The van der Waals surface area contributed by atoms with Crippen molar-refractivity contribution < 1.29 is 4.79 Å². The highest BCUT2D eigenvalue weighted by atomic mass is 16.1. The summed E-state index contributed by atoms with van der Waals surface area (Å²) in [7, 11) is 0. The van der Waals surface area contributed by atoms with E-state index in [-0.39, 0.29) is 11.8 Å². The highest BCUT2D eigenvalue weighted by molar-refractivity contribution is 5.79. The molecule has 17 heavy (non-hydrogen) atoms. The maximum Gasteiger partial charge on any atom is 0.224 e. The number of likely N-dealkylation sites (tertiary alicyclic amines) is 1. The standard InChI is InChI=1S/C13H25N3O/c1-2-16-7-4-11(5-8-16)9-15-13(17)12-3-6-14-10-12/h11-12,14H,2-10H2,1H3,(H,15,17). The normalized spacial score (nSPS) is 27.2. The summed E-state index contributed by atoms with van der Waals surface area (Å²) in [5.41, 5.74) is 0. The zero-order valence-corrected chi connectivity index (χ0v) is 10.9. The Balaban J connectivity index is 1.63. The molecule has 4 nitrogen and oxygen atoms in total. The van der Waals surface area contributed by atoms with Gasteiger partial charge < -0.3 is 15.5 Å². The van der Waals surface area contributed by atoms with Crippen LogP contribution in [-0.4, -0.2) is 50.1 Å². The zero-order valence-electron chi connectivity index (χ0n) is 10.9. The van der Waals surface area contributed by atoms with E-state index in [2.05, 4.69) is 22.5 Å². The Morgan fingerprint density at radius 2 is 2.12 bits per heavy atom. The van der Waals surface area contributed by atoms with Crippen molar-refractivity contribution in [1.82, 2.24) is 15.5 Å². The second-order valence-electron chi connectivity index (χ2n) is 5.31. The van der Waals surface area contributed by atoms with Gasteiger partial charge in [0.05, 0.1) is 5.92 Å². The molecule has 2 aliphatic heterocycles. The van der Waals surface area contributed by atoms with Crippen LogP contribution in [0.15, 0.2) is 0 Å². The van der Waals surface area contributed by atoms with Gasteiger partial charge in [0, 0.05) is 13.1 Å². The van der Waals surface area contributed by atoms with Crippen molar-refractivity contribution in [2.75, 3.05) is 39.3 Å². The number of hydrogen-bond donors (Lipinski definition) is 2. The van der Waals surface area contributed by atoms with Crippen LogP contribution in [0.4, 0.5) is 0 Å². The summed E-state index contributed by atoms with van der Waals surface area (Å²) in [4.78, 5) is 14.3. The van der Waals surface area contributed by atoms with Crippen molar-refractivity contribution >= 4 is 5.91 Å². The van der Waals surface area contributed by atoms with Crippen LogP contribution < -0.4 is 10.6 Å². The maximum absolute atomic E-state index is 11.8. The number of nitrogens with one attached hydrogen (secondary N) is 2. The Labute approximate surface area is 104 Å². The molecule has 0 saturated carbocycles. The van der Waals surface area contributed by atoms with Gasteiger partial charge in [0.25, 0.3) is 0 Å². The van der Waals surface area contributed by atoms with E-state index in [9.17, 15) is 4.79 Å².